The van der Waals surface area contributed by atoms with Crippen molar-refractivity contribution >= 4 is 70.0 Å². The summed E-state index contributed by atoms with van der Waals surface area (Å²) in [6, 6.07) is -1.85. The maximum Gasteiger partial charge on any atom is 0.328 e. The van der Waals surface area contributed by atoms with Crippen LogP contribution in [0, 0.1) is 11.8 Å². The van der Waals surface area contributed by atoms with Crippen molar-refractivity contribution in [3.63, 3.8) is 0 Å². The lowest BCUT2D eigenvalue weighted by Crippen LogP contribution is -2.61. The van der Waals surface area contributed by atoms with Gasteiger partial charge in [0.1, 0.15) is 30.2 Å². The lowest BCUT2D eigenvalue weighted by molar-refractivity contribution is -0.144. The predicted molar refractivity (Wildman–Crippen MR) is 238 cm³/mol. The molecule has 0 aliphatic carbocycles. The van der Waals surface area contributed by atoms with Crippen molar-refractivity contribution in [3.05, 3.63) is 36.0 Å². The molecule has 0 spiro atoms. The summed E-state index contributed by atoms with van der Waals surface area (Å²) in [7, 11) is 0. The van der Waals surface area contributed by atoms with Gasteiger partial charge < -0.3 is 68.8 Å². The molecular formula is C43H65N11O12. The molecule has 2 heterocycles. The van der Waals surface area contributed by atoms with Gasteiger partial charge in [0.05, 0.1) is 31.7 Å². The average Bonchev–Trinajstić information content (AvgIpc) is 3.93. The molecule has 14 N–H and O–H groups in total. The number of carboxylic acids is 1. The van der Waals surface area contributed by atoms with Crippen LogP contribution in [-0.2, 0) is 54.4 Å². The Labute approximate surface area is 382 Å². The third kappa shape index (κ3) is 15.2. The molecule has 1 aliphatic heterocycles. The second-order valence-corrected chi connectivity index (χ2v) is 16.7. The van der Waals surface area contributed by atoms with E-state index in [4.69, 9.17) is 11.5 Å². The maximum absolute atomic E-state index is 14.4. The smallest absolute Gasteiger partial charge is 0.328 e. The summed E-state index contributed by atoms with van der Waals surface area (Å²) in [5, 5.41) is 37.0. The molecule has 1 aromatic heterocycles. The number of aromatic amines is 1. The highest BCUT2D eigenvalue weighted by Crippen LogP contribution is 2.23. The summed E-state index contributed by atoms with van der Waals surface area (Å²) >= 11 is 0. The third-order valence-electron chi connectivity index (χ3n) is 11.5. The van der Waals surface area contributed by atoms with Crippen LogP contribution >= 0.6 is 0 Å². The van der Waals surface area contributed by atoms with Crippen LogP contribution in [0.15, 0.2) is 30.5 Å². The number of benzene rings is 1. The fourth-order valence-corrected chi connectivity index (χ4v) is 7.25. The van der Waals surface area contributed by atoms with Crippen molar-refractivity contribution in [2.75, 3.05) is 19.6 Å². The van der Waals surface area contributed by atoms with Gasteiger partial charge in [-0.3, -0.25) is 43.2 Å². The molecule has 1 fully saturated rings. The number of primary amides is 1. The van der Waals surface area contributed by atoms with Gasteiger partial charge >= 0.3 is 5.97 Å². The van der Waals surface area contributed by atoms with E-state index in [-0.39, 0.29) is 19.4 Å². The molecule has 66 heavy (non-hydrogen) atoms. The van der Waals surface area contributed by atoms with Gasteiger partial charge in [0.25, 0.3) is 0 Å². The molecule has 0 unspecified atom stereocenters. The molecule has 364 valence electrons. The fourth-order valence-electron chi connectivity index (χ4n) is 7.25. The van der Waals surface area contributed by atoms with Gasteiger partial charge in [-0.05, 0) is 50.2 Å². The summed E-state index contributed by atoms with van der Waals surface area (Å²) in [6.45, 7) is 8.44. The summed E-state index contributed by atoms with van der Waals surface area (Å²) in [5.74, 6) is -9.66. The van der Waals surface area contributed by atoms with Crippen LogP contribution in [-0.4, -0.2) is 147 Å². The molecule has 10 atom stereocenters. The van der Waals surface area contributed by atoms with Crippen molar-refractivity contribution < 1.29 is 58.2 Å². The number of carbonyl (C=O) groups excluding carboxylic acids is 9. The number of aliphatic carboxylic acids is 1. The predicted octanol–water partition coefficient (Wildman–Crippen LogP) is -2.86. The Balaban J connectivity index is 1.81. The van der Waals surface area contributed by atoms with E-state index >= 15 is 0 Å². The number of nitrogens with two attached hydrogens (primary N) is 2. The van der Waals surface area contributed by atoms with Crippen molar-refractivity contribution in [1.82, 2.24) is 47.1 Å². The lowest BCUT2D eigenvalue weighted by Gasteiger charge is -2.33. The Bertz CT molecular complexity index is 2090. The van der Waals surface area contributed by atoms with Crippen LogP contribution in [0.3, 0.4) is 0 Å². The zero-order chi connectivity index (χ0) is 49.4. The van der Waals surface area contributed by atoms with Crippen molar-refractivity contribution in [3.8, 4) is 0 Å². The summed E-state index contributed by atoms with van der Waals surface area (Å²) in [4.78, 5) is 135. The first kappa shape index (κ1) is 53.7. The first-order valence-electron chi connectivity index (χ1n) is 21.9. The van der Waals surface area contributed by atoms with Crippen LogP contribution < -0.4 is 48.7 Å². The number of rotatable bonds is 25. The molecule has 1 aromatic carbocycles. The van der Waals surface area contributed by atoms with Gasteiger partial charge in [-0.1, -0.05) is 58.7 Å². The summed E-state index contributed by atoms with van der Waals surface area (Å²) in [5.41, 5.74) is 12.5. The molecule has 23 nitrogen and oxygen atoms in total. The maximum atomic E-state index is 14.4. The topological polar surface area (TPSA) is 366 Å². The van der Waals surface area contributed by atoms with Gasteiger partial charge in [-0.15, -0.1) is 0 Å². The van der Waals surface area contributed by atoms with Crippen LogP contribution in [0.2, 0.25) is 0 Å². The first-order chi connectivity index (χ1) is 31.1. The molecule has 2 aromatic rings. The number of aliphatic hydroxyl groups excluding tert-OH is 1. The summed E-state index contributed by atoms with van der Waals surface area (Å²) < 4.78 is 0. The lowest BCUT2D eigenvalue weighted by atomic mass is 9.96. The number of para-hydroxylation sites is 1. The number of fused-ring (bicyclic) bond motifs is 1. The van der Waals surface area contributed by atoms with Gasteiger partial charge in [-0.2, -0.15) is 0 Å². The highest BCUT2D eigenvalue weighted by Gasteiger charge is 2.42. The van der Waals surface area contributed by atoms with E-state index in [1.807, 2.05) is 6.07 Å². The Morgan fingerprint density at radius 1 is 0.758 bits per heavy atom. The Hall–Kier alpha value is -6.62. The monoisotopic (exact) mass is 927 g/mol. The number of nitrogens with one attached hydrogen (secondary N) is 8. The molecule has 3 rings (SSSR count). The highest BCUT2D eigenvalue weighted by molar-refractivity contribution is 5.99. The summed E-state index contributed by atoms with van der Waals surface area (Å²) in [6.07, 6.45) is 0.794. The fraction of sp³-hybridized carbons (Fsp3) is 0.581. The van der Waals surface area contributed by atoms with Crippen LogP contribution in [0.4, 0.5) is 0 Å². The molecule has 9 amide bonds. The van der Waals surface area contributed by atoms with Gasteiger partial charge in [-0.25, -0.2) is 4.79 Å². The number of nitrogens with zero attached hydrogens (tertiary/aromatic N) is 1. The number of likely N-dealkylation sites (tertiary alicyclic amines) is 1. The van der Waals surface area contributed by atoms with Crippen LogP contribution in [0.1, 0.15) is 79.2 Å². The van der Waals surface area contributed by atoms with Gasteiger partial charge in [0, 0.05) is 30.1 Å². The van der Waals surface area contributed by atoms with Crippen LogP contribution in [0.25, 0.3) is 10.9 Å². The molecule has 0 bridgehead atoms. The number of H-pyrrole nitrogens is 1. The van der Waals surface area contributed by atoms with E-state index in [9.17, 15) is 58.2 Å². The quantitative estimate of drug-likeness (QED) is 0.0478. The van der Waals surface area contributed by atoms with Gasteiger partial charge in [0.15, 0.2) is 6.04 Å². The number of hydrogen-bond acceptors (Lipinski definition) is 12. The van der Waals surface area contributed by atoms with E-state index in [1.54, 1.807) is 52.1 Å². The van der Waals surface area contributed by atoms with E-state index in [1.165, 1.54) is 18.7 Å². The molecule has 0 radical (unpaired) electrons. The van der Waals surface area contributed by atoms with Gasteiger partial charge in [0.2, 0.25) is 53.2 Å². The standard InChI is InChI=1S/C43H65N11O12/c1-7-21(3)34(41(63)48-20-33(58)51-36(24(6)55)43(65)66)52-40(62)30-14-11-15-54(30)42(64)35(22(4)8-2)53-39(61)29(17-31(45)56)50-38(60)28(49-32(57)19-47-37(59)23(5)44)16-25-18-46-27-13-10-9-12-26(25)27/h9-10,12-13,18,21-24,28-30,34-36,46,55H,7-8,11,14-17,19-20,44H2,1-6H3,(H2,45,56)(H,47,59)(H,48,63)(H,49,57)(H,50,60)(H,51,58)(H,52,62)(H,53,61)(H,65,66)/t21-,22-,23-,24+,28-,29-,30-,34-,35-,36-/m0/s1. The second-order valence-electron chi connectivity index (χ2n) is 16.7. The second kappa shape index (κ2) is 25.2. The minimum absolute atomic E-state index is 0.0911. The third-order valence-corrected chi connectivity index (χ3v) is 11.5. The van der Waals surface area contributed by atoms with E-state index in [0.29, 0.717) is 24.8 Å². The van der Waals surface area contributed by atoms with Crippen molar-refractivity contribution in [2.45, 2.75) is 128 Å². The number of aromatic nitrogens is 1. The average molecular weight is 928 g/mol. The number of carboxylic acid groups (broad SMARTS) is 1. The zero-order valence-corrected chi connectivity index (χ0v) is 38.1. The molecule has 1 saturated heterocycles. The molecule has 0 saturated carbocycles. The normalized spacial score (nSPS) is 17.6. The van der Waals surface area contributed by atoms with Crippen molar-refractivity contribution in [2.24, 2.45) is 23.3 Å². The number of amides is 9. The molecule has 23 heteroatoms. The molecule has 1 aliphatic rings. The van der Waals surface area contributed by atoms with E-state index < -0.39 is 139 Å². The van der Waals surface area contributed by atoms with Crippen molar-refractivity contribution in [1.29, 1.82) is 0 Å². The number of carbonyl (C=O) groups is 10. The Morgan fingerprint density at radius 2 is 1.35 bits per heavy atom. The number of aliphatic hydroxyl groups is 1. The minimum Gasteiger partial charge on any atom is -0.480 e. The Morgan fingerprint density at radius 3 is 1.94 bits per heavy atom. The minimum atomic E-state index is -1.63. The van der Waals surface area contributed by atoms with Crippen LogP contribution in [0.5, 0.6) is 0 Å². The van der Waals surface area contributed by atoms with E-state index in [0.717, 1.165) is 10.9 Å². The highest BCUT2D eigenvalue weighted by atomic mass is 16.4. The zero-order valence-electron chi connectivity index (χ0n) is 38.1. The number of hydrogen-bond donors (Lipinski definition) is 12. The molecular weight excluding hydrogens is 863 g/mol. The first-order valence-corrected chi connectivity index (χ1v) is 21.9. The van der Waals surface area contributed by atoms with E-state index in [2.05, 4.69) is 42.2 Å². The Kier molecular flexibility index (Phi) is 20.5. The largest absolute Gasteiger partial charge is 0.480 e. The SMILES string of the molecule is CC[C@H](C)[C@H](NC(=O)[C@@H]1CCCN1C(=O)[C@@H](NC(=O)[C@H](CC(N)=O)NC(=O)[C@H](Cc1c[nH]c2ccccc12)NC(=O)CNC(=O)[C@H](C)N)[C@@H](C)CC)C(=O)NCC(=O)N[C@H](C(=O)O)[C@@H](C)O.